The molecule has 3 heteroatoms. The van der Waals surface area contributed by atoms with Crippen LogP contribution in [-0.2, 0) is 9.59 Å². The second kappa shape index (κ2) is 3.87. The highest BCUT2D eigenvalue weighted by molar-refractivity contribution is 5.74. The fraction of sp³-hybridized carbons (Fsp3) is 0.500. The zero-order valence-electron chi connectivity index (χ0n) is 5.31. The van der Waals surface area contributed by atoms with Crippen molar-refractivity contribution >= 4 is 11.8 Å². The molecule has 0 rings (SSSR count). The summed E-state index contributed by atoms with van der Waals surface area (Å²) in [7, 11) is 0. The fourth-order valence-corrected chi connectivity index (χ4v) is 0.362. The summed E-state index contributed by atoms with van der Waals surface area (Å²) in [4.78, 5) is 19.9. The van der Waals surface area contributed by atoms with Crippen LogP contribution >= 0.6 is 0 Å². The van der Waals surface area contributed by atoms with Crippen LogP contribution in [-0.4, -0.2) is 11.8 Å². The molecule has 2 N–H and O–H groups in total. The van der Waals surface area contributed by atoms with E-state index < -0.39 is 0 Å². The molecular weight excluding hydrogens is 118 g/mol. The van der Waals surface area contributed by atoms with Crippen molar-refractivity contribution in [2.45, 2.75) is 19.8 Å². The molecule has 0 aliphatic carbocycles. The van der Waals surface area contributed by atoms with Crippen molar-refractivity contribution in [2.24, 2.45) is 5.73 Å². The Balaban J connectivity index is 3.52. The molecule has 0 bridgehead atoms. The van der Waals surface area contributed by atoms with Gasteiger partial charge in [-0.25, -0.2) is 4.79 Å². The summed E-state index contributed by atoms with van der Waals surface area (Å²) in [6, 6.07) is 0. The number of rotatable bonds is 3. The van der Waals surface area contributed by atoms with Crippen molar-refractivity contribution in [3.63, 3.8) is 0 Å². The van der Waals surface area contributed by atoms with Crippen molar-refractivity contribution in [3.05, 3.63) is 5.57 Å². The molecule has 0 aliphatic rings. The van der Waals surface area contributed by atoms with E-state index in [2.05, 4.69) is 0 Å². The van der Waals surface area contributed by atoms with Crippen LogP contribution in [0, 0.1) is 0 Å². The summed E-state index contributed by atoms with van der Waals surface area (Å²) in [5, 5.41) is 0. The molecular formula is C6H9NO2. The van der Waals surface area contributed by atoms with Crippen LogP contribution in [0.4, 0.5) is 0 Å². The average Bonchev–Trinajstić information content (AvgIpc) is 1.83. The van der Waals surface area contributed by atoms with Gasteiger partial charge < -0.3 is 5.73 Å². The SMILES string of the molecule is CC(=C=O)CCC(N)=O. The highest BCUT2D eigenvalue weighted by Gasteiger charge is 1.94. The second-order valence-electron chi connectivity index (χ2n) is 1.85. The van der Waals surface area contributed by atoms with Gasteiger partial charge in [0.2, 0.25) is 5.91 Å². The van der Waals surface area contributed by atoms with Crippen LogP contribution < -0.4 is 5.73 Å². The Morgan fingerprint density at radius 1 is 1.56 bits per heavy atom. The van der Waals surface area contributed by atoms with E-state index in [0.717, 1.165) is 0 Å². The third-order valence-corrected chi connectivity index (χ3v) is 0.921. The smallest absolute Gasteiger partial charge is 0.217 e. The van der Waals surface area contributed by atoms with Crippen LogP contribution in [0.2, 0.25) is 0 Å². The van der Waals surface area contributed by atoms with Gasteiger partial charge in [-0.1, -0.05) is 0 Å². The zero-order chi connectivity index (χ0) is 7.28. The van der Waals surface area contributed by atoms with Crippen LogP contribution in [0.5, 0.6) is 0 Å². The Bertz CT molecular complexity index is 156. The Labute approximate surface area is 53.5 Å². The lowest BCUT2D eigenvalue weighted by Crippen LogP contribution is -2.09. The molecule has 0 atom stereocenters. The van der Waals surface area contributed by atoms with E-state index in [1.54, 1.807) is 12.9 Å². The Hall–Kier alpha value is -1.08. The molecule has 9 heavy (non-hydrogen) atoms. The summed E-state index contributed by atoms with van der Waals surface area (Å²) in [5.41, 5.74) is 5.35. The van der Waals surface area contributed by atoms with Gasteiger partial charge in [0.25, 0.3) is 0 Å². The number of hydrogen-bond acceptors (Lipinski definition) is 2. The van der Waals surface area contributed by atoms with Crippen molar-refractivity contribution in [1.82, 2.24) is 0 Å². The summed E-state index contributed by atoms with van der Waals surface area (Å²) in [6.07, 6.45) is 0.667. The summed E-state index contributed by atoms with van der Waals surface area (Å²) >= 11 is 0. The molecule has 0 aromatic rings. The molecule has 0 aromatic heterocycles. The lowest BCUT2D eigenvalue weighted by Gasteiger charge is -1.89. The minimum absolute atomic E-state index is 0.237. The first-order chi connectivity index (χ1) is 4.16. The Kier molecular flexibility index (Phi) is 3.40. The molecule has 0 spiro atoms. The summed E-state index contributed by atoms with van der Waals surface area (Å²) in [6.45, 7) is 1.62. The van der Waals surface area contributed by atoms with E-state index in [1.165, 1.54) is 0 Å². The maximum absolute atomic E-state index is 10.1. The number of carbonyl (C=O) groups is 1. The van der Waals surface area contributed by atoms with Gasteiger partial charge in [0.05, 0.1) is 0 Å². The normalized spacial score (nSPS) is 8.11. The van der Waals surface area contributed by atoms with E-state index in [0.29, 0.717) is 12.0 Å². The van der Waals surface area contributed by atoms with Gasteiger partial charge in [-0.2, -0.15) is 0 Å². The molecule has 1 amide bonds. The first-order valence-electron chi connectivity index (χ1n) is 2.65. The minimum Gasteiger partial charge on any atom is -0.370 e. The van der Waals surface area contributed by atoms with Crippen LogP contribution in [0.3, 0.4) is 0 Å². The van der Waals surface area contributed by atoms with Crippen molar-refractivity contribution in [1.29, 1.82) is 0 Å². The maximum Gasteiger partial charge on any atom is 0.217 e. The van der Waals surface area contributed by atoms with Crippen LogP contribution in [0.1, 0.15) is 19.8 Å². The molecule has 0 saturated carbocycles. The van der Waals surface area contributed by atoms with Crippen LogP contribution in [0.15, 0.2) is 5.57 Å². The number of nitrogens with two attached hydrogens (primary N) is 1. The highest BCUT2D eigenvalue weighted by Crippen LogP contribution is 1.96. The third kappa shape index (κ3) is 4.78. The molecule has 50 valence electrons. The molecule has 0 aromatic carbocycles. The molecule has 0 radical (unpaired) electrons. The van der Waals surface area contributed by atoms with Gasteiger partial charge in [0.1, 0.15) is 5.94 Å². The van der Waals surface area contributed by atoms with E-state index in [9.17, 15) is 9.59 Å². The van der Waals surface area contributed by atoms with E-state index in [1.807, 2.05) is 0 Å². The molecule has 0 heterocycles. The van der Waals surface area contributed by atoms with E-state index in [-0.39, 0.29) is 12.3 Å². The third-order valence-electron chi connectivity index (χ3n) is 0.921. The lowest BCUT2D eigenvalue weighted by molar-refractivity contribution is -0.117. The zero-order valence-corrected chi connectivity index (χ0v) is 5.31. The Morgan fingerprint density at radius 3 is 2.44 bits per heavy atom. The molecule has 0 aliphatic heterocycles. The fourth-order valence-electron chi connectivity index (χ4n) is 0.362. The van der Waals surface area contributed by atoms with Gasteiger partial charge >= 0.3 is 0 Å². The largest absolute Gasteiger partial charge is 0.370 e. The molecule has 3 nitrogen and oxygen atoms in total. The minimum atomic E-state index is -0.385. The van der Waals surface area contributed by atoms with Gasteiger partial charge in [-0.15, -0.1) is 0 Å². The highest BCUT2D eigenvalue weighted by atomic mass is 16.1. The van der Waals surface area contributed by atoms with Gasteiger partial charge in [-0.05, 0) is 13.3 Å². The monoisotopic (exact) mass is 127 g/mol. The van der Waals surface area contributed by atoms with E-state index >= 15 is 0 Å². The maximum atomic E-state index is 10.1. The number of amides is 1. The quantitative estimate of drug-likeness (QED) is 0.543. The van der Waals surface area contributed by atoms with Crippen molar-refractivity contribution in [2.75, 3.05) is 0 Å². The number of primary amides is 1. The van der Waals surface area contributed by atoms with Crippen LogP contribution in [0.25, 0.3) is 0 Å². The van der Waals surface area contributed by atoms with Crippen molar-refractivity contribution in [3.8, 4) is 0 Å². The first-order valence-corrected chi connectivity index (χ1v) is 2.65. The Morgan fingerprint density at radius 2 is 2.11 bits per heavy atom. The lowest BCUT2D eigenvalue weighted by atomic mass is 10.2. The predicted octanol–water partition coefficient (Wildman–Crippen LogP) is 0.0298. The van der Waals surface area contributed by atoms with Gasteiger partial charge in [0, 0.05) is 12.0 Å². The van der Waals surface area contributed by atoms with Gasteiger partial charge in [-0.3, -0.25) is 4.79 Å². The number of carbonyl (C=O) groups excluding carboxylic acids is 2. The van der Waals surface area contributed by atoms with E-state index in [4.69, 9.17) is 5.73 Å². The molecule has 0 fully saturated rings. The van der Waals surface area contributed by atoms with Gasteiger partial charge in [0.15, 0.2) is 0 Å². The van der Waals surface area contributed by atoms with Crippen molar-refractivity contribution < 1.29 is 9.59 Å². The summed E-state index contributed by atoms with van der Waals surface area (Å²) in [5.74, 6) is 1.29. The number of allylic oxidation sites excluding steroid dienone is 1. The second-order valence-corrected chi connectivity index (χ2v) is 1.85. The average molecular weight is 127 g/mol. The number of hydrogen-bond donors (Lipinski definition) is 1. The standard InChI is InChI=1S/C6H9NO2/c1-5(4-8)2-3-6(7)9/h2-3H2,1H3,(H2,7,9). The predicted molar refractivity (Wildman–Crippen MR) is 33.3 cm³/mol. The summed E-state index contributed by atoms with van der Waals surface area (Å²) < 4.78 is 0. The molecule has 0 saturated heterocycles. The topological polar surface area (TPSA) is 60.2 Å². The molecule has 0 unspecified atom stereocenters. The first kappa shape index (κ1) is 7.92.